The number of benzene rings is 2. The van der Waals surface area contributed by atoms with Crippen LogP contribution in [0.5, 0.6) is 0 Å². The van der Waals surface area contributed by atoms with Crippen LogP contribution < -0.4 is 9.62 Å². The molecule has 1 fully saturated rings. The van der Waals surface area contributed by atoms with Crippen LogP contribution in [0.15, 0.2) is 53.4 Å². The second-order valence-corrected chi connectivity index (χ2v) is 10.7. The minimum absolute atomic E-state index is 0.0160. The third-order valence-electron chi connectivity index (χ3n) is 6.42. The minimum Gasteiger partial charge on any atom is -0.452 e. The van der Waals surface area contributed by atoms with Gasteiger partial charge in [-0.2, -0.15) is 0 Å². The molecule has 1 aliphatic carbocycles. The van der Waals surface area contributed by atoms with Gasteiger partial charge < -0.3 is 10.1 Å². The van der Waals surface area contributed by atoms with Gasteiger partial charge in [0.1, 0.15) is 0 Å². The first-order valence-corrected chi connectivity index (χ1v) is 13.0. The number of hydrogen-bond donors (Lipinski definition) is 1. The van der Waals surface area contributed by atoms with Gasteiger partial charge >= 0.3 is 5.97 Å². The van der Waals surface area contributed by atoms with Gasteiger partial charge in [-0.3, -0.25) is 9.10 Å². The molecule has 4 rings (SSSR count). The molecule has 7 nitrogen and oxygen atoms in total. The molecule has 0 aromatic heterocycles. The average molecular weight is 471 g/mol. The molecule has 0 unspecified atom stereocenters. The van der Waals surface area contributed by atoms with Crippen LogP contribution in [0, 0.1) is 5.92 Å². The number of nitrogens with zero attached hydrogens (tertiary/aromatic N) is 1. The van der Waals surface area contributed by atoms with Crippen molar-refractivity contribution in [3.05, 3.63) is 59.7 Å². The Hall–Kier alpha value is -2.87. The Morgan fingerprint density at radius 3 is 2.61 bits per heavy atom. The molecule has 1 heterocycles. The Morgan fingerprint density at radius 1 is 1.06 bits per heavy atom. The number of fused-ring (bicyclic) bond motifs is 1. The molecule has 33 heavy (non-hydrogen) atoms. The Labute approximate surface area is 195 Å². The van der Waals surface area contributed by atoms with Crippen LogP contribution >= 0.6 is 0 Å². The zero-order valence-electron chi connectivity index (χ0n) is 18.8. The maximum Gasteiger partial charge on any atom is 0.338 e. The van der Waals surface area contributed by atoms with E-state index in [0.29, 0.717) is 24.6 Å². The van der Waals surface area contributed by atoms with Crippen LogP contribution in [0.3, 0.4) is 0 Å². The summed E-state index contributed by atoms with van der Waals surface area (Å²) in [6.45, 7) is 2.07. The number of sulfonamides is 1. The van der Waals surface area contributed by atoms with E-state index >= 15 is 0 Å². The van der Waals surface area contributed by atoms with E-state index in [9.17, 15) is 18.0 Å². The van der Waals surface area contributed by atoms with Gasteiger partial charge in [0.05, 0.1) is 16.1 Å². The highest BCUT2D eigenvalue weighted by Crippen LogP contribution is 2.36. The van der Waals surface area contributed by atoms with Gasteiger partial charge in [0.2, 0.25) is 0 Å². The second-order valence-electron chi connectivity index (χ2n) is 8.89. The number of nitrogens with one attached hydrogen (secondary N) is 1. The van der Waals surface area contributed by atoms with Crippen molar-refractivity contribution in [2.75, 3.05) is 17.5 Å². The summed E-state index contributed by atoms with van der Waals surface area (Å²) in [7, 11) is -3.86. The van der Waals surface area contributed by atoms with Crippen LogP contribution in [0.1, 0.15) is 54.9 Å². The summed E-state index contributed by atoms with van der Waals surface area (Å²) in [5.41, 5.74) is 1.73. The van der Waals surface area contributed by atoms with E-state index in [4.69, 9.17) is 4.74 Å². The highest BCUT2D eigenvalue weighted by molar-refractivity contribution is 7.92. The van der Waals surface area contributed by atoms with Crippen LogP contribution in [0.2, 0.25) is 0 Å². The van der Waals surface area contributed by atoms with Crippen LogP contribution in [-0.2, 0) is 26.0 Å². The van der Waals surface area contributed by atoms with E-state index in [-0.39, 0.29) is 29.0 Å². The molecular weight excluding hydrogens is 440 g/mol. The third kappa shape index (κ3) is 5.21. The molecule has 8 heteroatoms. The van der Waals surface area contributed by atoms with E-state index in [2.05, 4.69) is 5.32 Å². The summed E-state index contributed by atoms with van der Waals surface area (Å²) < 4.78 is 33.3. The van der Waals surface area contributed by atoms with Crippen molar-refractivity contribution in [1.29, 1.82) is 0 Å². The predicted molar refractivity (Wildman–Crippen MR) is 126 cm³/mol. The van der Waals surface area contributed by atoms with Gasteiger partial charge in [0.15, 0.2) is 6.61 Å². The van der Waals surface area contributed by atoms with E-state index in [0.717, 1.165) is 18.4 Å². The Kier molecular flexibility index (Phi) is 7.02. The van der Waals surface area contributed by atoms with Gasteiger partial charge in [-0.05, 0) is 61.9 Å². The molecule has 1 amide bonds. The summed E-state index contributed by atoms with van der Waals surface area (Å²) in [4.78, 5) is 24.6. The fourth-order valence-electron chi connectivity index (χ4n) is 4.72. The molecule has 0 spiro atoms. The molecule has 1 N–H and O–H groups in total. The monoisotopic (exact) mass is 470 g/mol. The average Bonchev–Trinajstić information content (AvgIpc) is 3.18. The van der Waals surface area contributed by atoms with Gasteiger partial charge in [0.25, 0.3) is 15.9 Å². The molecule has 1 saturated carbocycles. The Balaban J connectivity index is 1.40. The van der Waals surface area contributed by atoms with Crippen molar-refractivity contribution in [3.8, 4) is 0 Å². The Morgan fingerprint density at radius 2 is 1.82 bits per heavy atom. The van der Waals surface area contributed by atoms with E-state index in [1.54, 1.807) is 6.07 Å². The van der Waals surface area contributed by atoms with Gasteiger partial charge in [-0.1, -0.05) is 43.5 Å². The quantitative estimate of drug-likeness (QED) is 0.623. The molecular formula is C25H30N2O5S. The molecule has 2 aliphatic rings. The zero-order valence-corrected chi connectivity index (χ0v) is 19.6. The minimum atomic E-state index is -3.86. The number of carbonyl (C=O) groups is 2. The zero-order chi connectivity index (χ0) is 23.4. The first-order valence-electron chi connectivity index (χ1n) is 11.5. The van der Waals surface area contributed by atoms with Gasteiger partial charge in [-0.15, -0.1) is 0 Å². The summed E-state index contributed by atoms with van der Waals surface area (Å²) >= 11 is 0. The first kappa shape index (κ1) is 23.3. The van der Waals surface area contributed by atoms with Crippen LogP contribution in [0.4, 0.5) is 5.69 Å². The van der Waals surface area contributed by atoms with Crippen LogP contribution in [0.25, 0.3) is 0 Å². The summed E-state index contributed by atoms with van der Waals surface area (Å²) in [6, 6.07) is 13.0. The molecule has 1 atom stereocenters. The lowest BCUT2D eigenvalue weighted by molar-refractivity contribution is -0.124. The number of ether oxygens (including phenoxy) is 1. The predicted octanol–water partition coefficient (Wildman–Crippen LogP) is 3.68. The van der Waals surface area contributed by atoms with Crippen molar-refractivity contribution in [2.24, 2.45) is 5.92 Å². The number of hydrogen-bond acceptors (Lipinski definition) is 5. The summed E-state index contributed by atoms with van der Waals surface area (Å²) in [6.07, 6.45) is 6.49. The largest absolute Gasteiger partial charge is 0.452 e. The number of para-hydroxylation sites is 1. The van der Waals surface area contributed by atoms with Crippen molar-refractivity contribution in [2.45, 2.75) is 56.4 Å². The number of carbonyl (C=O) groups excluding carboxylic acids is 2. The second kappa shape index (κ2) is 9.95. The molecule has 2 aromatic rings. The maximum absolute atomic E-state index is 13.4. The fraction of sp³-hybridized carbons (Fsp3) is 0.440. The van der Waals surface area contributed by atoms with E-state index in [1.165, 1.54) is 47.8 Å². The molecule has 2 aromatic carbocycles. The number of anilines is 1. The number of esters is 1. The maximum atomic E-state index is 13.4. The normalized spacial score (nSPS) is 18.6. The lowest BCUT2D eigenvalue weighted by atomic mass is 9.89. The van der Waals surface area contributed by atoms with Crippen molar-refractivity contribution in [3.63, 3.8) is 0 Å². The SMILES string of the molecule is C[C@H]1Cc2ccccc2N1S(=O)(=O)c1cccc(C(=O)OCC(=O)NCC2CCCCC2)c1. The number of amides is 1. The van der Waals surface area contributed by atoms with Crippen molar-refractivity contribution < 1.29 is 22.7 Å². The lowest BCUT2D eigenvalue weighted by Crippen LogP contribution is -2.35. The fourth-order valence-corrected chi connectivity index (χ4v) is 6.45. The molecule has 0 saturated heterocycles. The van der Waals surface area contributed by atoms with Crippen molar-refractivity contribution >= 4 is 27.6 Å². The Bertz CT molecular complexity index is 1130. The molecule has 0 bridgehead atoms. The van der Waals surface area contributed by atoms with Gasteiger partial charge in [-0.25, -0.2) is 13.2 Å². The highest BCUT2D eigenvalue weighted by Gasteiger charge is 2.36. The van der Waals surface area contributed by atoms with Crippen LogP contribution in [-0.4, -0.2) is 39.5 Å². The topological polar surface area (TPSA) is 92.8 Å². The summed E-state index contributed by atoms with van der Waals surface area (Å²) in [5, 5.41) is 2.83. The smallest absolute Gasteiger partial charge is 0.338 e. The molecule has 1 aliphatic heterocycles. The molecule has 176 valence electrons. The third-order valence-corrected chi connectivity index (χ3v) is 8.34. The van der Waals surface area contributed by atoms with Crippen molar-refractivity contribution in [1.82, 2.24) is 5.32 Å². The summed E-state index contributed by atoms with van der Waals surface area (Å²) in [5.74, 6) is -0.590. The van der Waals surface area contributed by atoms with E-state index in [1.807, 2.05) is 25.1 Å². The molecule has 0 radical (unpaired) electrons. The van der Waals surface area contributed by atoms with E-state index < -0.39 is 16.0 Å². The highest BCUT2D eigenvalue weighted by atomic mass is 32.2. The number of rotatable bonds is 7. The lowest BCUT2D eigenvalue weighted by Gasteiger charge is -2.24. The van der Waals surface area contributed by atoms with Gasteiger partial charge in [0, 0.05) is 12.6 Å². The first-order chi connectivity index (χ1) is 15.9. The standard InChI is InChI=1S/C25H30N2O5S/c1-18-14-20-10-5-6-13-23(20)27(18)33(30,31)22-12-7-11-21(15-22)25(29)32-17-24(28)26-16-19-8-3-2-4-9-19/h5-7,10-13,15,18-19H,2-4,8-9,14,16-17H2,1H3,(H,26,28)/t18-/m0/s1.